The molecule has 10 aromatic rings. The third kappa shape index (κ3) is 23.2. The topological polar surface area (TPSA) is 19.4 Å². The summed E-state index contributed by atoms with van der Waals surface area (Å²) in [6.45, 7) is 38.7. The molecule has 0 N–H and O–H groups in total. The van der Waals surface area contributed by atoms with Crippen molar-refractivity contribution in [2.45, 2.75) is 184 Å². The molecule has 5 heteroatoms. The summed E-state index contributed by atoms with van der Waals surface area (Å²) in [5.41, 5.74) is 26.4. The molecule has 5 nitrogen and oxygen atoms in total. The zero-order chi connectivity index (χ0) is 81.9. The fraction of sp³-hybridized carbons (Fsp3) is 0.409. The van der Waals surface area contributed by atoms with Crippen molar-refractivity contribution in [2.75, 3.05) is 0 Å². The molecule has 0 bridgehead atoms. The highest BCUT2D eigenvalue weighted by Gasteiger charge is 2.22. The Morgan fingerprint density at radius 1 is 0.276 bits per heavy atom. The van der Waals surface area contributed by atoms with Crippen LogP contribution < -0.4 is 22.8 Å². The van der Waals surface area contributed by atoms with Crippen molar-refractivity contribution in [2.24, 2.45) is 70.7 Å². The van der Waals surface area contributed by atoms with Crippen LogP contribution in [0.15, 0.2) is 183 Å². The van der Waals surface area contributed by atoms with Crippen LogP contribution in [0.5, 0.6) is 0 Å². The molecule has 5 aromatic heterocycles. The summed E-state index contributed by atoms with van der Waals surface area (Å²) in [4.78, 5) is 0. The van der Waals surface area contributed by atoms with Gasteiger partial charge in [0.15, 0.2) is 31.0 Å². The average molecular weight is 1330 g/mol. The van der Waals surface area contributed by atoms with Gasteiger partial charge in [-0.1, -0.05) is 173 Å². The normalized spacial score (nSPS) is 13.5. The highest BCUT2D eigenvalue weighted by molar-refractivity contribution is 5.65. The van der Waals surface area contributed by atoms with E-state index in [2.05, 4.69) is 177 Å². The molecule has 0 saturated heterocycles. The van der Waals surface area contributed by atoms with Crippen molar-refractivity contribution in [1.82, 2.24) is 0 Å². The van der Waals surface area contributed by atoms with Gasteiger partial charge in [-0.2, -0.15) is 0 Å². The summed E-state index contributed by atoms with van der Waals surface area (Å²) >= 11 is 0. The lowest BCUT2D eigenvalue weighted by Gasteiger charge is -2.14. The number of rotatable bonds is 17. The smallest absolute Gasteiger partial charge is 0.201 e. The maximum absolute atomic E-state index is 8.66. The number of hydrogen-bond acceptors (Lipinski definition) is 0. The summed E-state index contributed by atoms with van der Waals surface area (Å²) < 4.78 is 100. The van der Waals surface area contributed by atoms with Crippen LogP contribution in [0.25, 0.3) is 56.3 Å². The van der Waals surface area contributed by atoms with Gasteiger partial charge >= 0.3 is 0 Å². The second-order valence-corrected chi connectivity index (χ2v) is 29.1. The molecule has 0 aliphatic heterocycles. The fourth-order valence-electron chi connectivity index (χ4n) is 12.5. The van der Waals surface area contributed by atoms with Crippen LogP contribution in [0.3, 0.4) is 0 Å². The molecule has 0 unspecified atom stereocenters. The van der Waals surface area contributed by atoms with Crippen LogP contribution in [-0.2, 0) is 73.6 Å². The summed E-state index contributed by atoms with van der Waals surface area (Å²) in [7, 11) is 10.0. The Morgan fingerprint density at radius 2 is 0.622 bits per heavy atom. The quantitative estimate of drug-likeness (QED) is 0.0810. The molecule has 0 aliphatic carbocycles. The van der Waals surface area contributed by atoms with Crippen LogP contribution >= 0.6 is 0 Å². The molecule has 0 amide bonds. The van der Waals surface area contributed by atoms with Crippen LogP contribution in [0.4, 0.5) is 0 Å². The van der Waals surface area contributed by atoms with Crippen molar-refractivity contribution in [3.05, 3.63) is 266 Å². The van der Waals surface area contributed by atoms with E-state index >= 15 is 0 Å². The van der Waals surface area contributed by atoms with E-state index in [1.165, 1.54) is 67.0 Å². The summed E-state index contributed by atoms with van der Waals surface area (Å²) in [6, 6.07) is 51.2. The van der Waals surface area contributed by atoms with Crippen molar-refractivity contribution in [1.29, 1.82) is 0 Å². The van der Waals surface area contributed by atoms with E-state index in [1.54, 1.807) is 18.3 Å². The van der Waals surface area contributed by atoms with Crippen LogP contribution in [0.2, 0.25) is 0 Å². The average Bonchev–Trinajstić information content (AvgIpc) is 0.752. The number of hydrogen-bond donors (Lipinski definition) is 0. The Hall–Kier alpha value is -8.15. The first-order valence-electron chi connectivity index (χ1n) is 41.0. The first-order valence-corrected chi connectivity index (χ1v) is 35.5. The third-order valence-corrected chi connectivity index (χ3v) is 17.2. The van der Waals surface area contributed by atoms with Gasteiger partial charge in [0, 0.05) is 101 Å². The molecular weight excluding hydrogens is 1190 g/mol. The van der Waals surface area contributed by atoms with Gasteiger partial charge in [0.2, 0.25) is 28.5 Å². The van der Waals surface area contributed by atoms with E-state index in [9.17, 15) is 0 Å². The van der Waals surface area contributed by atoms with Gasteiger partial charge in [-0.15, -0.1) is 0 Å². The number of pyridine rings is 5. The monoisotopic (exact) mass is 1320 g/mol. The number of aryl methyl sites for hydroxylation is 14. The Labute approximate surface area is 611 Å². The molecule has 0 spiro atoms. The first-order chi connectivity index (χ1) is 50.5. The van der Waals surface area contributed by atoms with Gasteiger partial charge in [-0.25, -0.2) is 22.8 Å². The summed E-state index contributed by atoms with van der Waals surface area (Å²) in [5, 5.41) is 0. The predicted molar refractivity (Wildman–Crippen MR) is 419 cm³/mol. The van der Waals surface area contributed by atoms with E-state index in [4.69, 9.17) is 15.1 Å². The predicted octanol–water partition coefficient (Wildman–Crippen LogP) is 20.9. The molecule has 0 atom stereocenters. The highest BCUT2D eigenvalue weighted by Crippen LogP contribution is 2.29. The van der Waals surface area contributed by atoms with E-state index < -0.39 is 32.3 Å². The summed E-state index contributed by atoms with van der Waals surface area (Å²) in [6.07, 6.45) is 6.42. The van der Waals surface area contributed by atoms with Gasteiger partial charge in [-0.3, -0.25) is 0 Å². The lowest BCUT2D eigenvalue weighted by atomic mass is 9.92. The molecule has 5 heterocycles. The zero-order valence-electron chi connectivity index (χ0n) is 75.4. The fourth-order valence-corrected chi connectivity index (χ4v) is 12.5. The maximum atomic E-state index is 8.66. The Morgan fingerprint density at radius 3 is 1.04 bits per heavy atom. The number of aromatic nitrogens is 5. The molecule has 0 radical (unpaired) electrons. The Kier molecular flexibility index (Phi) is 24.0. The molecule has 0 saturated carbocycles. The molecule has 0 aliphatic rings. The highest BCUT2D eigenvalue weighted by atomic mass is 14.9. The molecule has 5 aromatic carbocycles. The van der Waals surface area contributed by atoms with E-state index in [-0.39, 0.29) is 23.7 Å². The molecule has 10 rings (SSSR count). The number of benzene rings is 5. The second-order valence-electron chi connectivity index (χ2n) is 29.1. The van der Waals surface area contributed by atoms with E-state index in [0.717, 1.165) is 63.3 Å². The van der Waals surface area contributed by atoms with Gasteiger partial charge < -0.3 is 0 Å². The molecule has 518 valence electrons. The lowest BCUT2D eigenvalue weighted by Crippen LogP contribution is -2.32. The molecule has 0 fully saturated rings. The van der Waals surface area contributed by atoms with Crippen LogP contribution in [0, 0.1) is 97.7 Å². The SMILES string of the molecule is Cc1cc(-c2ccccc2C)[n+](C)cc1CC(C)C.Cc1ccc(-c2ccc(CC(C)C)c[n+]2C)c(C)c1.[2H]C([2H])([2H])c1ccc(-c2ccc(C([2H])([2H])C(C)C)c[n+]2C)c(C)c1.[2H]C([2H])(c1c[n+](C)c(-c2ccccc2C)cc1C)C(C)C.[2H]C([2H])(c1cc(-c2ccccc2C)[n+](C)cc1C([2H])([2H])C(C)C)C(C)C. The maximum Gasteiger partial charge on any atom is 0.212 e. The van der Waals surface area contributed by atoms with E-state index in [0.29, 0.717) is 34.1 Å². The zero-order valence-corrected chi connectivity index (χ0v) is 64.4. The van der Waals surface area contributed by atoms with Gasteiger partial charge in [0.1, 0.15) is 35.2 Å². The minimum absolute atomic E-state index is 0.0551. The molecular formula is C93H126N5+5. The summed E-state index contributed by atoms with van der Waals surface area (Å²) in [5.74, 6) is 0.703. The number of nitrogens with zero attached hydrogens (tertiary/aromatic N) is 5. The van der Waals surface area contributed by atoms with E-state index in [1.807, 2.05) is 184 Å². The van der Waals surface area contributed by atoms with Crippen molar-refractivity contribution >= 4 is 0 Å². The Balaban J connectivity index is 0.000000214. The first kappa shape index (κ1) is 63.3. The van der Waals surface area contributed by atoms with Crippen molar-refractivity contribution < 1.29 is 37.9 Å². The Bertz CT molecular complexity index is 4750. The molecule has 98 heavy (non-hydrogen) atoms. The minimum Gasteiger partial charge on any atom is -0.201 e. The van der Waals surface area contributed by atoms with Crippen molar-refractivity contribution in [3.63, 3.8) is 0 Å². The van der Waals surface area contributed by atoms with Crippen LogP contribution in [0.1, 0.15) is 182 Å². The standard InChI is InChI=1S/C21H30N.4C18H24N/c1-15(2)11-18-13-21(20-10-8-7-9-17(20)5)22(6)14-19(18)12-16(3)4;2*1-13(2)10-16-7-9-18(19(5)12-16)17-8-6-14(3)11-15(17)4;2*1-13(2)10-16-12-19(5)18(11-15(16)4)17-9-7-6-8-14(17)3/h7-10,13-16H,11-12H2,1-6H3;4*6-9,11-13H,10H2,1-5H3/q5*+1/i11D2,12D2;3D3,10D2;;10D2;. The lowest BCUT2D eigenvalue weighted by molar-refractivity contribution is -0.661. The minimum atomic E-state index is -2.11. The van der Waals surface area contributed by atoms with Gasteiger partial charge in [0.05, 0.1) is 0 Å². The van der Waals surface area contributed by atoms with Crippen LogP contribution in [-0.4, -0.2) is 0 Å². The largest absolute Gasteiger partial charge is 0.212 e. The second kappa shape index (κ2) is 37.2. The van der Waals surface area contributed by atoms with Gasteiger partial charge in [0.25, 0.3) is 0 Å². The van der Waals surface area contributed by atoms with Gasteiger partial charge in [-0.05, 0) is 223 Å². The van der Waals surface area contributed by atoms with Crippen molar-refractivity contribution in [3.8, 4) is 56.3 Å². The third-order valence-electron chi connectivity index (χ3n) is 17.2.